The van der Waals surface area contributed by atoms with Crippen LogP contribution in [0.5, 0.6) is 11.5 Å². The lowest BCUT2D eigenvalue weighted by molar-refractivity contribution is -0.126. The summed E-state index contributed by atoms with van der Waals surface area (Å²) in [6.07, 6.45) is 8.41. The Bertz CT molecular complexity index is 868. The second kappa shape index (κ2) is 7.75. The van der Waals surface area contributed by atoms with Crippen LogP contribution in [-0.4, -0.2) is 28.2 Å². The van der Waals surface area contributed by atoms with Gasteiger partial charge < -0.3 is 13.7 Å². The van der Waals surface area contributed by atoms with Crippen molar-refractivity contribution in [3.63, 3.8) is 0 Å². The largest absolute Gasteiger partial charge is 0.493 e. The molecule has 0 bridgehead atoms. The van der Waals surface area contributed by atoms with Crippen LogP contribution in [0.25, 0.3) is 0 Å². The molecule has 2 N–H and O–H groups in total. The van der Waals surface area contributed by atoms with Crippen LogP contribution >= 0.6 is 0 Å². The zero-order chi connectivity index (χ0) is 20.8. The Morgan fingerprint density at radius 1 is 1.17 bits per heavy atom. The van der Waals surface area contributed by atoms with E-state index in [-0.39, 0.29) is 11.2 Å². The third-order valence-electron chi connectivity index (χ3n) is 7.74. The van der Waals surface area contributed by atoms with Crippen molar-refractivity contribution >= 4 is 10.3 Å². The highest BCUT2D eigenvalue weighted by atomic mass is 32.2. The Balaban J connectivity index is 1.67. The Kier molecular flexibility index (Phi) is 5.59. The molecule has 3 aliphatic rings. The molecule has 2 saturated carbocycles. The molecule has 4 rings (SSSR count). The molecule has 1 aromatic carbocycles. The molecule has 0 aromatic heterocycles. The van der Waals surface area contributed by atoms with Gasteiger partial charge in [-0.2, -0.15) is 13.6 Å². The Morgan fingerprint density at radius 2 is 1.97 bits per heavy atom. The van der Waals surface area contributed by atoms with Gasteiger partial charge in [0.2, 0.25) is 0 Å². The summed E-state index contributed by atoms with van der Waals surface area (Å²) >= 11 is 0. The molecule has 162 valence electrons. The van der Waals surface area contributed by atoms with Gasteiger partial charge in [0.1, 0.15) is 0 Å². The second-order valence-electron chi connectivity index (χ2n) is 9.11. The van der Waals surface area contributed by atoms with Gasteiger partial charge in [-0.1, -0.05) is 13.3 Å². The molecule has 0 spiro atoms. The third kappa shape index (κ3) is 3.77. The van der Waals surface area contributed by atoms with E-state index in [4.69, 9.17) is 18.8 Å². The summed E-state index contributed by atoms with van der Waals surface area (Å²) < 4.78 is 39.5. The number of ether oxygens (including phenoxy) is 2. The third-order valence-corrected chi connectivity index (χ3v) is 8.15. The molecule has 3 unspecified atom stereocenters. The Hall–Kier alpha value is -1.31. The summed E-state index contributed by atoms with van der Waals surface area (Å²) in [4.78, 5) is 0. The molecule has 3 aliphatic carbocycles. The average molecular weight is 424 g/mol. The van der Waals surface area contributed by atoms with Gasteiger partial charge in [-0.25, -0.2) is 0 Å². The van der Waals surface area contributed by atoms with Crippen LogP contribution in [0.2, 0.25) is 0 Å². The highest BCUT2D eigenvalue weighted by molar-refractivity contribution is 7.84. The fourth-order valence-electron chi connectivity index (χ4n) is 6.55. The van der Waals surface area contributed by atoms with E-state index in [0.717, 1.165) is 31.4 Å². The van der Waals surface area contributed by atoms with E-state index >= 15 is 0 Å². The fraction of sp³-hybridized carbons (Fsp3) is 0.727. The molecular weight excluding hydrogens is 390 g/mol. The molecule has 1 aromatic rings. The van der Waals surface area contributed by atoms with E-state index in [2.05, 4.69) is 13.8 Å². The predicted molar refractivity (Wildman–Crippen MR) is 111 cm³/mol. The molecule has 0 saturated heterocycles. The summed E-state index contributed by atoms with van der Waals surface area (Å²) in [5.41, 5.74) is 2.71. The molecule has 5 atom stereocenters. The van der Waals surface area contributed by atoms with Gasteiger partial charge in [-0.05, 0) is 91.9 Å². The van der Waals surface area contributed by atoms with E-state index in [9.17, 15) is 8.42 Å². The van der Waals surface area contributed by atoms with E-state index in [0.29, 0.717) is 29.6 Å². The van der Waals surface area contributed by atoms with Crippen LogP contribution in [0, 0.1) is 17.3 Å². The van der Waals surface area contributed by atoms with Gasteiger partial charge in [-0.3, -0.25) is 0 Å². The van der Waals surface area contributed by atoms with Gasteiger partial charge in [-0.15, -0.1) is 0 Å². The molecular formula is C22H33NO5S. The first kappa shape index (κ1) is 20.9. The lowest BCUT2D eigenvalue weighted by Gasteiger charge is -2.57. The molecule has 7 heteroatoms. The summed E-state index contributed by atoms with van der Waals surface area (Å²) in [5, 5.41) is 5.08. The van der Waals surface area contributed by atoms with Crippen molar-refractivity contribution in [1.29, 1.82) is 0 Å². The van der Waals surface area contributed by atoms with Gasteiger partial charge in [0.15, 0.2) is 11.5 Å². The zero-order valence-electron chi connectivity index (χ0n) is 17.6. The highest BCUT2D eigenvalue weighted by Crippen LogP contribution is 2.60. The second-order valence-corrected chi connectivity index (χ2v) is 10.3. The van der Waals surface area contributed by atoms with Crippen molar-refractivity contribution in [3.05, 3.63) is 23.3 Å². The van der Waals surface area contributed by atoms with Crippen LogP contribution in [-0.2, 0) is 21.5 Å². The first-order valence-electron chi connectivity index (χ1n) is 10.8. The smallest absolute Gasteiger partial charge is 0.380 e. The normalized spacial score (nSPS) is 33.9. The predicted octanol–water partition coefficient (Wildman–Crippen LogP) is 3.93. The van der Waals surface area contributed by atoms with Gasteiger partial charge in [0.25, 0.3) is 0 Å². The van der Waals surface area contributed by atoms with Crippen LogP contribution in [0.1, 0.15) is 69.4 Å². The zero-order valence-corrected chi connectivity index (χ0v) is 18.5. The number of benzene rings is 1. The minimum Gasteiger partial charge on any atom is -0.493 e. The van der Waals surface area contributed by atoms with Crippen LogP contribution in [0.3, 0.4) is 0 Å². The minimum atomic E-state index is -4.09. The summed E-state index contributed by atoms with van der Waals surface area (Å²) in [5.74, 6) is 2.41. The average Bonchev–Trinajstić information content (AvgIpc) is 2.66. The van der Waals surface area contributed by atoms with Crippen molar-refractivity contribution in [2.45, 2.75) is 70.8 Å². The number of aryl methyl sites for hydroxylation is 1. The topological polar surface area (TPSA) is 87.9 Å². The van der Waals surface area contributed by atoms with Crippen molar-refractivity contribution < 1.29 is 22.1 Å². The van der Waals surface area contributed by atoms with Crippen molar-refractivity contribution in [3.8, 4) is 11.5 Å². The minimum absolute atomic E-state index is 0.182. The number of rotatable bonds is 5. The highest BCUT2D eigenvalue weighted by Gasteiger charge is 2.53. The number of methoxy groups -OCH3 is 1. The molecule has 0 aliphatic heterocycles. The number of hydrogen-bond acceptors (Lipinski definition) is 5. The van der Waals surface area contributed by atoms with E-state index in [1.54, 1.807) is 0 Å². The van der Waals surface area contributed by atoms with E-state index < -0.39 is 10.3 Å². The molecule has 0 heterocycles. The monoisotopic (exact) mass is 423 g/mol. The van der Waals surface area contributed by atoms with Crippen molar-refractivity contribution in [1.82, 2.24) is 0 Å². The first-order valence-corrected chi connectivity index (χ1v) is 12.3. The van der Waals surface area contributed by atoms with Gasteiger partial charge in [0, 0.05) is 6.61 Å². The summed E-state index contributed by atoms with van der Waals surface area (Å²) in [6, 6.07) is 3.80. The number of hydrogen-bond donors (Lipinski definition) is 1. The molecule has 0 radical (unpaired) electrons. The van der Waals surface area contributed by atoms with Crippen LogP contribution in [0.15, 0.2) is 12.1 Å². The SMILES string of the molecule is CCO[C@H]1CCCC2C3CCc4cc(OS(N)(=O)=O)c(OC)cc4C3CC[C@@]21C. The molecule has 29 heavy (non-hydrogen) atoms. The fourth-order valence-corrected chi connectivity index (χ4v) is 6.93. The maximum absolute atomic E-state index is 11.4. The number of fused-ring (bicyclic) bond motifs is 5. The molecule has 6 nitrogen and oxygen atoms in total. The van der Waals surface area contributed by atoms with Gasteiger partial charge >= 0.3 is 10.3 Å². The van der Waals surface area contributed by atoms with Crippen molar-refractivity contribution in [2.75, 3.05) is 13.7 Å². The Morgan fingerprint density at radius 3 is 2.66 bits per heavy atom. The maximum atomic E-state index is 11.4. The quantitative estimate of drug-likeness (QED) is 0.775. The molecule has 0 amide bonds. The maximum Gasteiger partial charge on any atom is 0.380 e. The lowest BCUT2D eigenvalue weighted by atomic mass is 9.50. The Labute approximate surface area is 174 Å². The van der Waals surface area contributed by atoms with Crippen LogP contribution < -0.4 is 14.1 Å². The van der Waals surface area contributed by atoms with E-state index in [1.807, 2.05) is 12.1 Å². The van der Waals surface area contributed by atoms with Crippen molar-refractivity contribution in [2.24, 2.45) is 22.4 Å². The lowest BCUT2D eigenvalue weighted by Crippen LogP contribution is -2.51. The standard InChI is InChI=1S/C22H33NO5S/c1-4-27-21-7-5-6-18-16-9-8-14-12-20(28-29(23,24)25)19(26-3)13-17(14)15(16)10-11-22(18,21)2/h12-13,15-16,18,21H,4-11H2,1-3H3,(H2,23,24,25)/t15?,16?,18?,21-,22-/m0/s1. The first-order chi connectivity index (χ1) is 13.8. The van der Waals surface area contributed by atoms with Gasteiger partial charge in [0.05, 0.1) is 13.2 Å². The summed E-state index contributed by atoms with van der Waals surface area (Å²) in [6.45, 7) is 5.34. The summed E-state index contributed by atoms with van der Waals surface area (Å²) in [7, 11) is -2.56. The number of nitrogens with two attached hydrogens (primary N) is 1. The van der Waals surface area contributed by atoms with Crippen LogP contribution in [0.4, 0.5) is 0 Å². The molecule has 2 fully saturated rings. The van der Waals surface area contributed by atoms with E-state index in [1.165, 1.54) is 38.4 Å².